The lowest BCUT2D eigenvalue weighted by Gasteiger charge is -2.20. The van der Waals surface area contributed by atoms with Gasteiger partial charge < -0.3 is 10.5 Å². The van der Waals surface area contributed by atoms with Gasteiger partial charge in [-0.25, -0.2) is 0 Å². The molecule has 0 bridgehead atoms. The summed E-state index contributed by atoms with van der Waals surface area (Å²) in [4.78, 5) is 1.21. The quantitative estimate of drug-likeness (QED) is 0.758. The summed E-state index contributed by atoms with van der Waals surface area (Å²) in [5.41, 5.74) is 5.99. The number of hydrogen-bond donors (Lipinski definition) is 1. The van der Waals surface area contributed by atoms with Crippen LogP contribution in [-0.2, 0) is 4.74 Å². The van der Waals surface area contributed by atoms with Crippen LogP contribution in [0.5, 0.6) is 0 Å². The Morgan fingerprint density at radius 1 is 1.35 bits per heavy atom. The largest absolute Gasteiger partial charge is 0.371 e. The fourth-order valence-corrected chi connectivity index (χ4v) is 3.27. The average molecular weight is 320 g/mol. The fraction of sp³-hybridized carbons (Fsp3) is 0.692. The maximum Gasteiger partial charge on any atom is 0.106 e. The molecule has 0 aliphatic rings. The van der Waals surface area contributed by atoms with Crippen LogP contribution in [0.1, 0.15) is 44.6 Å². The van der Waals surface area contributed by atoms with Crippen molar-refractivity contribution >= 4 is 27.3 Å². The van der Waals surface area contributed by atoms with E-state index < -0.39 is 0 Å². The molecular formula is C13H22BrNOS. The van der Waals surface area contributed by atoms with E-state index in [9.17, 15) is 0 Å². The predicted octanol–water partition coefficient (Wildman–Crippen LogP) is 4.35. The second-order valence-corrected chi connectivity index (χ2v) is 7.32. The maximum absolute atomic E-state index is 5.99. The molecule has 98 valence electrons. The Bertz CT molecular complexity index is 325. The normalized spacial score (nSPS) is 15.2. The van der Waals surface area contributed by atoms with Crippen LogP contribution in [0.4, 0.5) is 0 Å². The Balaban J connectivity index is 2.44. The minimum atomic E-state index is 0.0264. The fourth-order valence-electron chi connectivity index (χ4n) is 1.68. The number of hydrogen-bond acceptors (Lipinski definition) is 3. The molecule has 1 heterocycles. The highest BCUT2D eigenvalue weighted by Crippen LogP contribution is 2.31. The zero-order valence-electron chi connectivity index (χ0n) is 10.8. The summed E-state index contributed by atoms with van der Waals surface area (Å²) < 4.78 is 7.05. The van der Waals surface area contributed by atoms with Gasteiger partial charge in [-0.1, -0.05) is 13.8 Å². The van der Waals surface area contributed by atoms with Crippen LogP contribution in [0.15, 0.2) is 15.9 Å². The van der Waals surface area contributed by atoms with Crippen molar-refractivity contribution in [2.24, 2.45) is 11.7 Å². The Kier molecular flexibility index (Phi) is 6.70. The highest BCUT2D eigenvalue weighted by Gasteiger charge is 2.18. The molecule has 1 aromatic rings. The van der Waals surface area contributed by atoms with Crippen LogP contribution >= 0.6 is 27.3 Å². The molecule has 0 fully saturated rings. The second kappa shape index (κ2) is 7.52. The minimum absolute atomic E-state index is 0.0264. The lowest BCUT2D eigenvalue weighted by molar-refractivity contribution is 0.0372. The molecule has 2 N–H and O–H groups in total. The van der Waals surface area contributed by atoms with Crippen LogP contribution in [-0.4, -0.2) is 12.6 Å². The van der Waals surface area contributed by atoms with Gasteiger partial charge in [-0.05, 0) is 53.7 Å². The molecule has 0 aliphatic carbocycles. The number of nitrogens with two attached hydrogens (primary N) is 1. The first-order chi connectivity index (χ1) is 8.00. The Labute approximate surface area is 117 Å². The monoisotopic (exact) mass is 319 g/mol. The molecule has 2 atom stereocenters. The maximum atomic E-state index is 5.99. The first-order valence-electron chi connectivity index (χ1n) is 6.13. The second-order valence-electron chi connectivity index (χ2n) is 4.83. The topological polar surface area (TPSA) is 35.2 Å². The van der Waals surface area contributed by atoms with E-state index in [1.807, 2.05) is 13.0 Å². The summed E-state index contributed by atoms with van der Waals surface area (Å²) in [6, 6.07) is 4.16. The van der Waals surface area contributed by atoms with E-state index >= 15 is 0 Å². The SMILES string of the molecule is CC(C)CCCOC(c1ccc(Br)s1)C(C)N. The van der Waals surface area contributed by atoms with Gasteiger partial charge in [-0.15, -0.1) is 11.3 Å². The minimum Gasteiger partial charge on any atom is -0.371 e. The summed E-state index contributed by atoms with van der Waals surface area (Å²) in [6.07, 6.45) is 2.34. The number of rotatable bonds is 7. The predicted molar refractivity (Wildman–Crippen MR) is 78.4 cm³/mol. The molecule has 1 rings (SSSR count). The van der Waals surface area contributed by atoms with E-state index in [0.29, 0.717) is 0 Å². The number of halogens is 1. The van der Waals surface area contributed by atoms with Crippen LogP contribution < -0.4 is 5.73 Å². The summed E-state index contributed by atoms with van der Waals surface area (Å²) in [6.45, 7) is 7.26. The van der Waals surface area contributed by atoms with Gasteiger partial charge in [0.1, 0.15) is 6.10 Å². The molecule has 0 saturated carbocycles. The van der Waals surface area contributed by atoms with Gasteiger partial charge >= 0.3 is 0 Å². The van der Waals surface area contributed by atoms with E-state index in [1.54, 1.807) is 11.3 Å². The highest BCUT2D eigenvalue weighted by atomic mass is 79.9. The Hall–Kier alpha value is 0.1000. The number of thiophene rings is 1. The van der Waals surface area contributed by atoms with Crippen LogP contribution in [0.25, 0.3) is 0 Å². The van der Waals surface area contributed by atoms with Gasteiger partial charge in [0.05, 0.1) is 3.79 Å². The molecule has 0 radical (unpaired) electrons. The van der Waals surface area contributed by atoms with Crippen molar-refractivity contribution in [3.8, 4) is 0 Å². The zero-order valence-corrected chi connectivity index (χ0v) is 13.2. The summed E-state index contributed by atoms with van der Waals surface area (Å²) in [7, 11) is 0. The molecule has 1 aromatic heterocycles. The van der Waals surface area contributed by atoms with Crippen LogP contribution in [0.2, 0.25) is 0 Å². The van der Waals surface area contributed by atoms with Gasteiger partial charge in [0.15, 0.2) is 0 Å². The first kappa shape index (κ1) is 15.2. The molecule has 0 spiro atoms. The third-order valence-electron chi connectivity index (χ3n) is 2.58. The van der Waals surface area contributed by atoms with Crippen molar-refractivity contribution in [1.82, 2.24) is 0 Å². The third kappa shape index (κ3) is 5.51. The molecule has 0 aromatic carbocycles. The third-order valence-corrected chi connectivity index (χ3v) is 4.26. The Morgan fingerprint density at radius 2 is 2.06 bits per heavy atom. The summed E-state index contributed by atoms with van der Waals surface area (Å²) in [5, 5.41) is 0. The van der Waals surface area contributed by atoms with Crippen LogP contribution in [0.3, 0.4) is 0 Å². The molecule has 4 heteroatoms. The number of ether oxygens (including phenoxy) is 1. The smallest absolute Gasteiger partial charge is 0.106 e. The molecule has 0 amide bonds. The summed E-state index contributed by atoms with van der Waals surface area (Å²) in [5.74, 6) is 0.739. The van der Waals surface area contributed by atoms with E-state index in [2.05, 4.69) is 35.8 Å². The Morgan fingerprint density at radius 3 is 2.53 bits per heavy atom. The molecule has 17 heavy (non-hydrogen) atoms. The molecule has 0 aliphatic heterocycles. The lowest BCUT2D eigenvalue weighted by atomic mass is 10.1. The van der Waals surface area contributed by atoms with Gasteiger partial charge in [0, 0.05) is 17.5 Å². The van der Waals surface area contributed by atoms with E-state index in [4.69, 9.17) is 10.5 Å². The van der Waals surface area contributed by atoms with Crippen molar-refractivity contribution in [3.05, 3.63) is 20.8 Å². The van der Waals surface area contributed by atoms with Gasteiger partial charge in [0.25, 0.3) is 0 Å². The molecule has 0 saturated heterocycles. The zero-order chi connectivity index (χ0) is 12.8. The standard InChI is InChI=1S/C13H22BrNOS/c1-9(2)5-4-8-16-13(10(3)15)11-6-7-12(14)17-11/h6-7,9-10,13H,4-5,8,15H2,1-3H3. The molecular weight excluding hydrogens is 298 g/mol. The molecule has 2 nitrogen and oxygen atoms in total. The average Bonchev–Trinajstić information content (AvgIpc) is 2.63. The van der Waals surface area contributed by atoms with Gasteiger partial charge in [-0.2, -0.15) is 0 Å². The highest BCUT2D eigenvalue weighted by molar-refractivity contribution is 9.11. The van der Waals surface area contributed by atoms with Crippen molar-refractivity contribution in [2.75, 3.05) is 6.61 Å². The van der Waals surface area contributed by atoms with Crippen LogP contribution in [0, 0.1) is 5.92 Å². The van der Waals surface area contributed by atoms with E-state index in [-0.39, 0.29) is 12.1 Å². The first-order valence-corrected chi connectivity index (χ1v) is 7.74. The molecule has 2 unspecified atom stereocenters. The van der Waals surface area contributed by atoms with Crippen molar-refractivity contribution < 1.29 is 4.74 Å². The van der Waals surface area contributed by atoms with Crippen molar-refractivity contribution in [1.29, 1.82) is 0 Å². The van der Waals surface area contributed by atoms with Gasteiger partial charge in [0.2, 0.25) is 0 Å². The lowest BCUT2D eigenvalue weighted by Crippen LogP contribution is -2.26. The summed E-state index contributed by atoms with van der Waals surface area (Å²) >= 11 is 5.17. The van der Waals surface area contributed by atoms with E-state index in [0.717, 1.165) is 22.7 Å². The van der Waals surface area contributed by atoms with Crippen molar-refractivity contribution in [3.63, 3.8) is 0 Å². The van der Waals surface area contributed by atoms with Gasteiger partial charge in [-0.3, -0.25) is 0 Å². The van der Waals surface area contributed by atoms with E-state index in [1.165, 1.54) is 11.3 Å². The van der Waals surface area contributed by atoms with Crippen molar-refractivity contribution in [2.45, 2.75) is 45.8 Å².